The fourth-order valence-electron chi connectivity index (χ4n) is 7.21. The molecule has 49 heavy (non-hydrogen) atoms. The molecule has 0 amide bonds. The van der Waals surface area contributed by atoms with Gasteiger partial charge in [0.2, 0.25) is 0 Å². The lowest BCUT2D eigenvalue weighted by Crippen LogP contribution is -2.00. The third-order valence-corrected chi connectivity index (χ3v) is 10.7. The van der Waals surface area contributed by atoms with Gasteiger partial charge in [-0.3, -0.25) is 0 Å². The van der Waals surface area contributed by atoms with E-state index in [1.807, 2.05) is 72.0 Å². The van der Waals surface area contributed by atoms with E-state index in [4.69, 9.17) is 15.0 Å². The second kappa shape index (κ2) is 11.2. The highest BCUT2D eigenvalue weighted by Crippen LogP contribution is 2.42. The number of hydrogen-bond donors (Lipinski definition) is 0. The number of hydrogen-bond acceptors (Lipinski definition) is 4. The summed E-state index contributed by atoms with van der Waals surface area (Å²) in [5.41, 5.74) is 5.26. The smallest absolute Gasteiger partial charge is 0.164 e. The number of aromatic nitrogens is 3. The van der Waals surface area contributed by atoms with E-state index in [1.54, 1.807) is 0 Å². The number of fused-ring (bicyclic) bond motifs is 8. The lowest BCUT2D eigenvalue weighted by molar-refractivity contribution is 1.08. The molecule has 0 N–H and O–H groups in total. The Morgan fingerprint density at radius 3 is 1.63 bits per heavy atom. The van der Waals surface area contributed by atoms with Crippen molar-refractivity contribution in [2.45, 2.75) is 0 Å². The maximum atomic E-state index is 5.04. The van der Waals surface area contributed by atoms with Crippen LogP contribution in [-0.4, -0.2) is 15.0 Å². The Bertz CT molecular complexity index is 2820. The normalized spacial score (nSPS) is 11.7. The lowest BCUT2D eigenvalue weighted by atomic mass is 9.91. The molecule has 0 saturated carbocycles. The van der Waals surface area contributed by atoms with Crippen LogP contribution in [0.15, 0.2) is 164 Å². The second-order valence-corrected chi connectivity index (χ2v) is 13.5. The minimum Gasteiger partial charge on any atom is -0.208 e. The highest BCUT2D eigenvalue weighted by molar-refractivity contribution is 7.26. The zero-order chi connectivity index (χ0) is 32.3. The van der Waals surface area contributed by atoms with Crippen LogP contribution in [0, 0.1) is 0 Å². The van der Waals surface area contributed by atoms with Gasteiger partial charge in [0.1, 0.15) is 0 Å². The first kappa shape index (κ1) is 27.8. The van der Waals surface area contributed by atoms with Crippen molar-refractivity contribution in [3.63, 3.8) is 0 Å². The molecule has 0 unspecified atom stereocenters. The first-order chi connectivity index (χ1) is 24.3. The van der Waals surface area contributed by atoms with Crippen LogP contribution < -0.4 is 0 Å². The van der Waals surface area contributed by atoms with E-state index < -0.39 is 0 Å². The summed E-state index contributed by atoms with van der Waals surface area (Å²) in [7, 11) is 0. The van der Waals surface area contributed by atoms with E-state index in [1.165, 1.54) is 52.8 Å². The van der Waals surface area contributed by atoms with Crippen molar-refractivity contribution >= 4 is 63.8 Å². The van der Waals surface area contributed by atoms with Gasteiger partial charge in [0.25, 0.3) is 0 Å². The van der Waals surface area contributed by atoms with Gasteiger partial charge in [0, 0.05) is 36.9 Å². The predicted molar refractivity (Wildman–Crippen MR) is 207 cm³/mol. The third kappa shape index (κ3) is 4.61. The molecule has 0 atom stereocenters. The van der Waals surface area contributed by atoms with Gasteiger partial charge in [0.05, 0.1) is 0 Å². The molecule has 0 radical (unpaired) electrons. The Balaban J connectivity index is 1.16. The lowest BCUT2D eigenvalue weighted by Gasteiger charge is -2.14. The molecule has 2 aromatic heterocycles. The Morgan fingerprint density at radius 2 is 0.898 bits per heavy atom. The van der Waals surface area contributed by atoms with E-state index in [2.05, 4.69) is 103 Å². The van der Waals surface area contributed by atoms with E-state index >= 15 is 0 Å². The van der Waals surface area contributed by atoms with E-state index in [0.29, 0.717) is 17.5 Å². The molecular formula is C45H27N3S. The summed E-state index contributed by atoms with van der Waals surface area (Å²) in [6, 6.07) is 58.0. The van der Waals surface area contributed by atoms with Gasteiger partial charge < -0.3 is 0 Å². The van der Waals surface area contributed by atoms with Gasteiger partial charge in [-0.15, -0.1) is 11.3 Å². The van der Waals surface area contributed by atoms with Gasteiger partial charge in [0.15, 0.2) is 17.5 Å². The van der Waals surface area contributed by atoms with Crippen molar-refractivity contribution < 1.29 is 0 Å². The summed E-state index contributed by atoms with van der Waals surface area (Å²) in [5.74, 6) is 1.98. The maximum absolute atomic E-state index is 5.04. The first-order valence-corrected chi connectivity index (χ1v) is 17.3. The molecular weight excluding hydrogens is 615 g/mol. The molecule has 10 rings (SSSR count). The van der Waals surface area contributed by atoms with Crippen LogP contribution in [0.3, 0.4) is 0 Å². The minimum atomic E-state index is 0.659. The van der Waals surface area contributed by atoms with Crippen LogP contribution >= 0.6 is 11.3 Å². The van der Waals surface area contributed by atoms with Gasteiger partial charge in [-0.05, 0) is 67.7 Å². The number of benzene rings is 8. The molecule has 0 aliphatic rings. The molecule has 0 fully saturated rings. The van der Waals surface area contributed by atoms with Gasteiger partial charge in [-0.2, -0.15) is 0 Å². The Hall–Kier alpha value is -6.23. The summed E-state index contributed by atoms with van der Waals surface area (Å²) < 4.78 is 2.66. The summed E-state index contributed by atoms with van der Waals surface area (Å²) in [5, 5.41) is 10.1. The number of rotatable bonds is 4. The predicted octanol–water partition coefficient (Wildman–Crippen LogP) is 12.4. The van der Waals surface area contributed by atoms with Crippen molar-refractivity contribution in [3.05, 3.63) is 164 Å². The summed E-state index contributed by atoms with van der Waals surface area (Å²) in [6.07, 6.45) is 0. The molecule has 10 aromatic rings. The largest absolute Gasteiger partial charge is 0.208 e. The van der Waals surface area contributed by atoms with Crippen molar-refractivity contribution in [1.82, 2.24) is 15.0 Å². The Labute approximate surface area is 286 Å². The molecule has 0 spiro atoms. The van der Waals surface area contributed by atoms with Gasteiger partial charge >= 0.3 is 0 Å². The molecule has 228 valence electrons. The number of nitrogens with zero attached hydrogens (tertiary/aromatic N) is 3. The zero-order valence-electron chi connectivity index (χ0n) is 26.3. The molecule has 0 saturated heterocycles. The van der Waals surface area contributed by atoms with Crippen LogP contribution in [0.5, 0.6) is 0 Å². The number of thiophene rings is 1. The minimum absolute atomic E-state index is 0.659. The fourth-order valence-corrected chi connectivity index (χ4v) is 8.33. The maximum Gasteiger partial charge on any atom is 0.164 e. The fraction of sp³-hybridized carbons (Fsp3) is 0. The van der Waals surface area contributed by atoms with Crippen molar-refractivity contribution in [1.29, 1.82) is 0 Å². The molecule has 0 bridgehead atoms. The first-order valence-electron chi connectivity index (χ1n) is 16.4. The standard InChI is InChI=1S/C45H27N3S/c1-3-11-29(12-4-1)43-46-44(30-13-5-2-6-14-30)48-45(47-43)37-25-24-33(35-15-7-8-16-36(35)37)31-21-23-34-32(27-31)20-19-28-22-26-40-42(41(28)34)38-17-9-10-18-39(38)49-40/h1-27H. The Kier molecular flexibility index (Phi) is 6.36. The Morgan fingerprint density at radius 1 is 0.327 bits per heavy atom. The summed E-state index contributed by atoms with van der Waals surface area (Å²) >= 11 is 1.87. The van der Waals surface area contributed by atoms with E-state index in [0.717, 1.165) is 27.5 Å². The third-order valence-electron chi connectivity index (χ3n) is 9.51. The van der Waals surface area contributed by atoms with E-state index in [9.17, 15) is 0 Å². The second-order valence-electron chi connectivity index (χ2n) is 12.4. The van der Waals surface area contributed by atoms with E-state index in [-0.39, 0.29) is 0 Å². The van der Waals surface area contributed by atoms with Crippen LogP contribution in [-0.2, 0) is 0 Å². The van der Waals surface area contributed by atoms with Gasteiger partial charge in [-0.25, -0.2) is 15.0 Å². The molecule has 0 aliphatic heterocycles. The highest BCUT2D eigenvalue weighted by Gasteiger charge is 2.17. The molecule has 0 aliphatic carbocycles. The molecule has 4 heteroatoms. The van der Waals surface area contributed by atoms with Crippen LogP contribution in [0.25, 0.3) is 97.8 Å². The average Bonchev–Trinajstić information content (AvgIpc) is 3.56. The topological polar surface area (TPSA) is 38.7 Å². The zero-order valence-corrected chi connectivity index (χ0v) is 27.2. The molecule has 3 nitrogen and oxygen atoms in total. The average molecular weight is 642 g/mol. The SMILES string of the molecule is c1ccc(-c2nc(-c3ccccc3)nc(-c3ccc(-c4ccc5c(ccc6ccc7sc8ccccc8c7c65)c4)c4ccccc34)n2)cc1. The molecule has 8 aromatic carbocycles. The van der Waals surface area contributed by atoms with Gasteiger partial charge in [-0.1, -0.05) is 140 Å². The van der Waals surface area contributed by atoms with Crippen molar-refractivity contribution in [3.8, 4) is 45.3 Å². The highest BCUT2D eigenvalue weighted by atomic mass is 32.1. The summed E-state index contributed by atoms with van der Waals surface area (Å²) in [6.45, 7) is 0. The van der Waals surface area contributed by atoms with Crippen LogP contribution in [0.4, 0.5) is 0 Å². The summed E-state index contributed by atoms with van der Waals surface area (Å²) in [4.78, 5) is 15.0. The van der Waals surface area contributed by atoms with Crippen molar-refractivity contribution in [2.24, 2.45) is 0 Å². The van der Waals surface area contributed by atoms with Crippen molar-refractivity contribution in [2.75, 3.05) is 0 Å². The monoisotopic (exact) mass is 641 g/mol. The van der Waals surface area contributed by atoms with Crippen LogP contribution in [0.1, 0.15) is 0 Å². The van der Waals surface area contributed by atoms with Crippen LogP contribution in [0.2, 0.25) is 0 Å². The molecule has 2 heterocycles. The quantitative estimate of drug-likeness (QED) is 0.180.